The SMILES string of the molecule is CCN(Cc1ccccc1)c1cccc2ccccc12. The topological polar surface area (TPSA) is 3.24 Å². The van der Waals surface area contributed by atoms with Crippen LogP contribution in [0.5, 0.6) is 0 Å². The van der Waals surface area contributed by atoms with Gasteiger partial charge in [0.2, 0.25) is 0 Å². The van der Waals surface area contributed by atoms with Gasteiger partial charge >= 0.3 is 0 Å². The lowest BCUT2D eigenvalue weighted by Gasteiger charge is -2.25. The van der Waals surface area contributed by atoms with Gasteiger partial charge in [0.15, 0.2) is 0 Å². The van der Waals surface area contributed by atoms with Gasteiger partial charge in [-0.15, -0.1) is 0 Å². The van der Waals surface area contributed by atoms with E-state index < -0.39 is 0 Å². The molecule has 0 aromatic heterocycles. The minimum Gasteiger partial charge on any atom is -0.367 e. The van der Waals surface area contributed by atoms with Crippen LogP contribution in [0, 0.1) is 0 Å². The first-order valence-corrected chi connectivity index (χ1v) is 7.15. The summed E-state index contributed by atoms with van der Waals surface area (Å²) < 4.78 is 0. The Kier molecular flexibility index (Phi) is 3.69. The van der Waals surface area contributed by atoms with E-state index in [0.717, 1.165) is 13.1 Å². The molecule has 0 heterocycles. The van der Waals surface area contributed by atoms with E-state index in [1.54, 1.807) is 0 Å². The van der Waals surface area contributed by atoms with Crippen molar-refractivity contribution < 1.29 is 0 Å². The van der Waals surface area contributed by atoms with Crippen molar-refractivity contribution in [3.05, 3.63) is 78.4 Å². The number of hydrogen-bond acceptors (Lipinski definition) is 1. The molecule has 0 bridgehead atoms. The summed E-state index contributed by atoms with van der Waals surface area (Å²) >= 11 is 0. The van der Waals surface area contributed by atoms with Crippen LogP contribution in [0.15, 0.2) is 72.8 Å². The first-order chi connectivity index (χ1) is 9.88. The molecule has 0 unspecified atom stereocenters. The summed E-state index contributed by atoms with van der Waals surface area (Å²) in [6.45, 7) is 4.17. The number of rotatable bonds is 4. The number of anilines is 1. The molecule has 0 amide bonds. The second-order valence-corrected chi connectivity index (χ2v) is 5.00. The van der Waals surface area contributed by atoms with Gasteiger partial charge < -0.3 is 4.90 Å². The summed E-state index contributed by atoms with van der Waals surface area (Å²) in [5, 5.41) is 2.63. The van der Waals surface area contributed by atoms with Crippen molar-refractivity contribution >= 4 is 16.5 Å². The summed E-state index contributed by atoms with van der Waals surface area (Å²) in [5.41, 5.74) is 2.66. The van der Waals surface area contributed by atoms with Crippen LogP contribution in [0.2, 0.25) is 0 Å². The molecule has 0 radical (unpaired) electrons. The molecular weight excluding hydrogens is 242 g/mol. The summed E-state index contributed by atoms with van der Waals surface area (Å²) in [6, 6.07) is 25.8. The third-order valence-electron chi connectivity index (χ3n) is 3.71. The van der Waals surface area contributed by atoms with E-state index in [-0.39, 0.29) is 0 Å². The highest BCUT2D eigenvalue weighted by atomic mass is 15.1. The Hall–Kier alpha value is -2.28. The van der Waals surface area contributed by atoms with Crippen LogP contribution in [0.3, 0.4) is 0 Å². The molecule has 0 aliphatic rings. The Morgan fingerprint density at radius 2 is 1.45 bits per heavy atom. The monoisotopic (exact) mass is 261 g/mol. The lowest BCUT2D eigenvalue weighted by Crippen LogP contribution is -2.22. The molecule has 0 saturated carbocycles. The zero-order chi connectivity index (χ0) is 13.8. The fourth-order valence-corrected chi connectivity index (χ4v) is 2.66. The normalized spacial score (nSPS) is 10.7. The van der Waals surface area contributed by atoms with Crippen LogP contribution in [-0.2, 0) is 6.54 Å². The zero-order valence-corrected chi connectivity index (χ0v) is 11.8. The highest BCUT2D eigenvalue weighted by Crippen LogP contribution is 2.27. The van der Waals surface area contributed by atoms with Gasteiger partial charge in [0.05, 0.1) is 0 Å². The molecule has 0 saturated heterocycles. The van der Waals surface area contributed by atoms with Crippen molar-refractivity contribution in [2.75, 3.05) is 11.4 Å². The Bertz CT molecular complexity index is 683. The maximum absolute atomic E-state index is 2.43. The predicted octanol–water partition coefficient (Wildman–Crippen LogP) is 4.87. The largest absolute Gasteiger partial charge is 0.367 e. The molecule has 0 aliphatic carbocycles. The van der Waals surface area contributed by atoms with Gasteiger partial charge in [-0.05, 0) is 23.9 Å². The van der Waals surface area contributed by atoms with Crippen molar-refractivity contribution in [2.45, 2.75) is 13.5 Å². The maximum atomic E-state index is 2.43. The summed E-state index contributed by atoms with van der Waals surface area (Å²) in [5.74, 6) is 0. The average Bonchev–Trinajstić information content (AvgIpc) is 2.53. The van der Waals surface area contributed by atoms with Gasteiger partial charge in [0.25, 0.3) is 0 Å². The molecule has 0 N–H and O–H groups in total. The fraction of sp³-hybridized carbons (Fsp3) is 0.158. The smallest absolute Gasteiger partial charge is 0.0448 e. The molecule has 0 spiro atoms. The number of hydrogen-bond donors (Lipinski definition) is 0. The van der Waals surface area contributed by atoms with E-state index in [0.29, 0.717) is 0 Å². The lowest BCUT2D eigenvalue weighted by atomic mass is 10.1. The van der Waals surface area contributed by atoms with Crippen molar-refractivity contribution in [2.24, 2.45) is 0 Å². The van der Waals surface area contributed by atoms with E-state index in [4.69, 9.17) is 0 Å². The Morgan fingerprint density at radius 1 is 0.750 bits per heavy atom. The van der Waals surface area contributed by atoms with E-state index >= 15 is 0 Å². The predicted molar refractivity (Wildman–Crippen MR) is 87.1 cm³/mol. The van der Waals surface area contributed by atoms with Crippen LogP contribution in [0.4, 0.5) is 5.69 Å². The molecule has 0 atom stereocenters. The van der Waals surface area contributed by atoms with Crippen LogP contribution in [0.1, 0.15) is 12.5 Å². The lowest BCUT2D eigenvalue weighted by molar-refractivity contribution is 0.836. The molecule has 3 aromatic rings. The first kappa shape index (κ1) is 12.7. The summed E-state index contributed by atoms with van der Waals surface area (Å²) in [4.78, 5) is 2.43. The third-order valence-corrected chi connectivity index (χ3v) is 3.71. The zero-order valence-electron chi connectivity index (χ0n) is 11.8. The minimum absolute atomic E-state index is 0.950. The maximum Gasteiger partial charge on any atom is 0.0448 e. The van der Waals surface area contributed by atoms with Gasteiger partial charge in [-0.25, -0.2) is 0 Å². The van der Waals surface area contributed by atoms with E-state index in [1.165, 1.54) is 22.0 Å². The van der Waals surface area contributed by atoms with Gasteiger partial charge in [-0.3, -0.25) is 0 Å². The number of nitrogens with zero attached hydrogens (tertiary/aromatic N) is 1. The molecule has 0 fully saturated rings. The highest BCUT2D eigenvalue weighted by molar-refractivity contribution is 5.94. The Morgan fingerprint density at radius 3 is 2.25 bits per heavy atom. The van der Waals surface area contributed by atoms with E-state index in [9.17, 15) is 0 Å². The van der Waals surface area contributed by atoms with E-state index in [2.05, 4.69) is 84.6 Å². The van der Waals surface area contributed by atoms with Crippen LogP contribution >= 0.6 is 0 Å². The van der Waals surface area contributed by atoms with Gasteiger partial charge in [0, 0.05) is 24.2 Å². The number of benzene rings is 3. The second-order valence-electron chi connectivity index (χ2n) is 5.00. The van der Waals surface area contributed by atoms with Gasteiger partial charge in [0.1, 0.15) is 0 Å². The quantitative estimate of drug-likeness (QED) is 0.648. The van der Waals surface area contributed by atoms with Crippen LogP contribution < -0.4 is 4.90 Å². The minimum atomic E-state index is 0.950. The van der Waals surface area contributed by atoms with E-state index in [1.807, 2.05) is 0 Å². The Labute approximate surface area is 120 Å². The third kappa shape index (κ3) is 2.53. The fourth-order valence-electron chi connectivity index (χ4n) is 2.66. The molecule has 1 heteroatoms. The van der Waals surface area contributed by atoms with Crippen LogP contribution in [-0.4, -0.2) is 6.54 Å². The number of fused-ring (bicyclic) bond motifs is 1. The molecular formula is C19H19N. The van der Waals surface area contributed by atoms with Crippen LogP contribution in [0.25, 0.3) is 10.8 Å². The first-order valence-electron chi connectivity index (χ1n) is 7.15. The highest BCUT2D eigenvalue weighted by Gasteiger charge is 2.08. The molecule has 1 nitrogen and oxygen atoms in total. The molecule has 3 rings (SSSR count). The Balaban J connectivity index is 1.99. The second kappa shape index (κ2) is 5.79. The standard InChI is InChI=1S/C19H19N/c1-2-20(15-16-9-4-3-5-10-16)19-14-8-12-17-11-6-7-13-18(17)19/h3-14H,2,15H2,1H3. The molecule has 3 aromatic carbocycles. The molecule has 0 aliphatic heterocycles. The summed E-state index contributed by atoms with van der Waals surface area (Å²) in [7, 11) is 0. The van der Waals surface area contributed by atoms with Crippen molar-refractivity contribution in [1.82, 2.24) is 0 Å². The summed E-state index contributed by atoms with van der Waals surface area (Å²) in [6.07, 6.45) is 0. The molecule has 20 heavy (non-hydrogen) atoms. The van der Waals surface area contributed by atoms with Crippen molar-refractivity contribution in [3.8, 4) is 0 Å². The average molecular weight is 261 g/mol. The van der Waals surface area contributed by atoms with Crippen molar-refractivity contribution in [3.63, 3.8) is 0 Å². The van der Waals surface area contributed by atoms with Crippen molar-refractivity contribution in [1.29, 1.82) is 0 Å². The van der Waals surface area contributed by atoms with Gasteiger partial charge in [-0.2, -0.15) is 0 Å². The molecule has 100 valence electrons. The van der Waals surface area contributed by atoms with Gasteiger partial charge in [-0.1, -0.05) is 66.7 Å².